The van der Waals surface area contributed by atoms with Crippen LogP contribution in [0, 0.1) is 0 Å². The highest BCUT2D eigenvalue weighted by Crippen LogP contribution is 1.91. The van der Waals surface area contributed by atoms with Crippen molar-refractivity contribution in [3.63, 3.8) is 0 Å². The minimum atomic E-state index is 0.125. The summed E-state index contributed by atoms with van der Waals surface area (Å²) in [7, 11) is 2.03. The number of nitrogens with one attached hydrogen (secondary N) is 1. The summed E-state index contributed by atoms with van der Waals surface area (Å²) in [5.74, 6) is 0. The molecule has 0 aromatic rings. The van der Waals surface area contributed by atoms with E-state index in [2.05, 4.69) is 0 Å². The molecule has 0 saturated heterocycles. The van der Waals surface area contributed by atoms with E-state index in [1.807, 2.05) is 31.5 Å². The van der Waals surface area contributed by atoms with Crippen LogP contribution in [0.4, 0.5) is 0 Å². The van der Waals surface area contributed by atoms with Crippen molar-refractivity contribution >= 4 is 11.6 Å². The number of rotatable bonds is 0. The van der Waals surface area contributed by atoms with Crippen LogP contribution in [0.2, 0.25) is 0 Å². The lowest BCUT2D eigenvalue weighted by Gasteiger charge is -2.13. The standard InChI is InChI=1S/C6H8ClN/c1-8-5-3-2-4-6(8)7/h2-6H,1H3/p+1. The van der Waals surface area contributed by atoms with Gasteiger partial charge in [-0.2, -0.15) is 0 Å². The van der Waals surface area contributed by atoms with Crippen LogP contribution in [0.1, 0.15) is 0 Å². The Morgan fingerprint density at radius 3 is 2.62 bits per heavy atom. The highest BCUT2D eigenvalue weighted by atomic mass is 35.5. The van der Waals surface area contributed by atoms with Gasteiger partial charge in [-0.15, -0.1) is 0 Å². The minimum Gasteiger partial charge on any atom is -0.293 e. The van der Waals surface area contributed by atoms with Gasteiger partial charge in [0.2, 0.25) is 0 Å². The third-order valence-electron chi connectivity index (χ3n) is 1.19. The van der Waals surface area contributed by atoms with Crippen molar-refractivity contribution in [1.29, 1.82) is 0 Å². The molecule has 1 aliphatic rings. The van der Waals surface area contributed by atoms with Gasteiger partial charge in [0.05, 0.1) is 13.2 Å². The van der Waals surface area contributed by atoms with Crippen molar-refractivity contribution in [2.75, 3.05) is 7.05 Å². The summed E-state index contributed by atoms with van der Waals surface area (Å²) >= 11 is 5.79. The first kappa shape index (κ1) is 5.86. The SMILES string of the molecule is C[NH+]1C=CC=CC1Cl. The van der Waals surface area contributed by atoms with Gasteiger partial charge >= 0.3 is 0 Å². The molecule has 0 radical (unpaired) electrons. The van der Waals surface area contributed by atoms with Crippen LogP contribution in [-0.2, 0) is 0 Å². The smallest absolute Gasteiger partial charge is 0.186 e. The van der Waals surface area contributed by atoms with Crippen LogP contribution in [0.25, 0.3) is 0 Å². The Morgan fingerprint density at radius 2 is 2.25 bits per heavy atom. The zero-order chi connectivity index (χ0) is 5.98. The molecule has 1 aliphatic heterocycles. The lowest BCUT2D eigenvalue weighted by atomic mass is 10.4. The van der Waals surface area contributed by atoms with Gasteiger partial charge in [-0.1, -0.05) is 17.7 Å². The summed E-state index contributed by atoms with van der Waals surface area (Å²) in [6.07, 6.45) is 7.95. The second kappa shape index (κ2) is 2.33. The van der Waals surface area contributed by atoms with Gasteiger partial charge in [0.1, 0.15) is 0 Å². The number of likely N-dealkylation sites (N-methyl/N-ethyl adjacent to an activating group) is 1. The monoisotopic (exact) mass is 130 g/mol. The van der Waals surface area contributed by atoms with Crippen molar-refractivity contribution in [2.45, 2.75) is 5.50 Å². The van der Waals surface area contributed by atoms with E-state index in [0.29, 0.717) is 0 Å². The van der Waals surface area contributed by atoms with Crippen LogP contribution in [0.5, 0.6) is 0 Å². The van der Waals surface area contributed by atoms with Crippen molar-refractivity contribution in [2.24, 2.45) is 0 Å². The number of halogens is 1. The molecule has 1 heterocycles. The van der Waals surface area contributed by atoms with E-state index >= 15 is 0 Å². The zero-order valence-corrected chi connectivity index (χ0v) is 5.52. The number of alkyl halides is 1. The molecule has 2 unspecified atom stereocenters. The van der Waals surface area contributed by atoms with E-state index in [-0.39, 0.29) is 5.50 Å². The maximum Gasteiger partial charge on any atom is 0.186 e. The van der Waals surface area contributed by atoms with Crippen LogP contribution in [0.15, 0.2) is 24.4 Å². The second-order valence-corrected chi connectivity index (χ2v) is 2.36. The lowest BCUT2D eigenvalue weighted by molar-refractivity contribution is -0.831. The van der Waals surface area contributed by atoms with E-state index in [4.69, 9.17) is 11.6 Å². The van der Waals surface area contributed by atoms with Gasteiger partial charge in [0.25, 0.3) is 0 Å². The molecular weight excluding hydrogens is 122 g/mol. The Morgan fingerprint density at radius 1 is 1.50 bits per heavy atom. The number of hydrogen-bond donors (Lipinski definition) is 1. The third kappa shape index (κ3) is 1.11. The summed E-state index contributed by atoms with van der Waals surface area (Å²) in [5.41, 5.74) is 0.125. The van der Waals surface area contributed by atoms with E-state index in [1.165, 1.54) is 4.90 Å². The van der Waals surface area contributed by atoms with E-state index < -0.39 is 0 Å². The molecule has 0 aromatic heterocycles. The highest BCUT2D eigenvalue weighted by molar-refractivity contribution is 6.20. The topological polar surface area (TPSA) is 4.44 Å². The first-order valence-electron chi connectivity index (χ1n) is 2.63. The van der Waals surface area contributed by atoms with Crippen molar-refractivity contribution in [3.05, 3.63) is 24.4 Å². The molecule has 8 heavy (non-hydrogen) atoms. The van der Waals surface area contributed by atoms with Crippen molar-refractivity contribution in [1.82, 2.24) is 0 Å². The molecular formula is C6H9ClN+. The molecule has 1 rings (SSSR count). The Kier molecular flexibility index (Phi) is 1.71. The Hall–Kier alpha value is -0.270. The predicted molar refractivity (Wildman–Crippen MR) is 34.8 cm³/mol. The van der Waals surface area contributed by atoms with E-state index in [9.17, 15) is 0 Å². The van der Waals surface area contributed by atoms with Crippen LogP contribution in [0.3, 0.4) is 0 Å². The molecule has 1 nitrogen and oxygen atoms in total. The lowest BCUT2D eigenvalue weighted by Crippen LogP contribution is -3.07. The van der Waals surface area contributed by atoms with Crippen molar-refractivity contribution in [3.8, 4) is 0 Å². The Bertz CT molecular complexity index is 112. The summed E-state index contributed by atoms with van der Waals surface area (Å²) in [6, 6.07) is 0. The Balaban J connectivity index is 2.59. The maximum atomic E-state index is 5.79. The third-order valence-corrected chi connectivity index (χ3v) is 1.67. The van der Waals surface area contributed by atoms with Gasteiger partial charge in [0.15, 0.2) is 5.50 Å². The molecule has 0 saturated carbocycles. The second-order valence-electron chi connectivity index (χ2n) is 1.89. The molecule has 2 heteroatoms. The summed E-state index contributed by atoms with van der Waals surface area (Å²) in [5, 5.41) is 0. The van der Waals surface area contributed by atoms with E-state index in [0.717, 1.165) is 0 Å². The molecule has 1 N–H and O–H groups in total. The molecule has 0 aromatic carbocycles. The van der Waals surface area contributed by atoms with Gasteiger partial charge in [-0.3, -0.25) is 4.90 Å². The summed E-state index contributed by atoms with van der Waals surface area (Å²) in [4.78, 5) is 1.22. The minimum absolute atomic E-state index is 0.125. The van der Waals surface area contributed by atoms with Crippen molar-refractivity contribution < 1.29 is 4.90 Å². The quantitative estimate of drug-likeness (QED) is 0.352. The first-order valence-corrected chi connectivity index (χ1v) is 3.07. The fourth-order valence-electron chi connectivity index (χ4n) is 0.613. The Labute approximate surface area is 54.2 Å². The molecule has 0 aliphatic carbocycles. The average molecular weight is 131 g/mol. The molecule has 2 atom stereocenters. The predicted octanol–water partition coefficient (Wildman–Crippen LogP) is 0.150. The number of hydrogen-bond acceptors (Lipinski definition) is 0. The zero-order valence-electron chi connectivity index (χ0n) is 4.76. The van der Waals surface area contributed by atoms with Gasteiger partial charge < -0.3 is 0 Å². The fraction of sp³-hybridized carbons (Fsp3) is 0.333. The summed E-state index contributed by atoms with van der Waals surface area (Å²) in [6.45, 7) is 0. The largest absolute Gasteiger partial charge is 0.293 e. The van der Waals surface area contributed by atoms with Gasteiger partial charge in [-0.05, 0) is 12.2 Å². The van der Waals surface area contributed by atoms with E-state index in [1.54, 1.807) is 0 Å². The van der Waals surface area contributed by atoms with Gasteiger partial charge in [0, 0.05) is 0 Å². The fourth-order valence-corrected chi connectivity index (χ4v) is 0.769. The number of allylic oxidation sites excluding steroid dienone is 2. The molecule has 0 amide bonds. The molecule has 0 fully saturated rings. The normalized spacial score (nSPS) is 35.8. The molecule has 44 valence electrons. The number of quaternary nitrogens is 1. The van der Waals surface area contributed by atoms with Gasteiger partial charge in [-0.25, -0.2) is 0 Å². The van der Waals surface area contributed by atoms with Crippen LogP contribution >= 0.6 is 11.6 Å². The molecule has 0 bridgehead atoms. The van der Waals surface area contributed by atoms with Crippen LogP contribution in [-0.4, -0.2) is 12.5 Å². The average Bonchev–Trinajstić information content (AvgIpc) is 1.77. The molecule has 0 spiro atoms. The first-order chi connectivity index (χ1) is 3.80. The highest BCUT2D eigenvalue weighted by Gasteiger charge is 2.08. The van der Waals surface area contributed by atoms with Crippen LogP contribution < -0.4 is 4.90 Å². The maximum absolute atomic E-state index is 5.79. The summed E-state index contributed by atoms with van der Waals surface area (Å²) < 4.78 is 0.